The van der Waals surface area contributed by atoms with Crippen LogP contribution in [0.1, 0.15) is 18.2 Å². The number of anilines is 2. The first-order chi connectivity index (χ1) is 13.5. The van der Waals surface area contributed by atoms with Crippen LogP contribution in [0.5, 0.6) is 0 Å². The van der Waals surface area contributed by atoms with Crippen LogP contribution in [0.15, 0.2) is 66.1 Å². The van der Waals surface area contributed by atoms with Gasteiger partial charge in [-0.1, -0.05) is 41.9 Å². The van der Waals surface area contributed by atoms with Crippen molar-refractivity contribution in [3.63, 3.8) is 0 Å². The summed E-state index contributed by atoms with van der Waals surface area (Å²) >= 11 is 7.27. The van der Waals surface area contributed by atoms with Gasteiger partial charge in [-0.3, -0.25) is 14.5 Å². The van der Waals surface area contributed by atoms with E-state index < -0.39 is 0 Å². The highest BCUT2D eigenvalue weighted by atomic mass is 35.5. The third kappa shape index (κ3) is 5.28. The van der Waals surface area contributed by atoms with Gasteiger partial charge in [0.1, 0.15) is 0 Å². The van der Waals surface area contributed by atoms with E-state index >= 15 is 0 Å². The highest BCUT2D eigenvalue weighted by molar-refractivity contribution is 7.14. The number of hydrogen-bond acceptors (Lipinski definition) is 4. The maximum atomic E-state index is 12.1. The van der Waals surface area contributed by atoms with Gasteiger partial charge in [0.25, 0.3) is 0 Å². The Morgan fingerprint density at radius 1 is 1.18 bits per heavy atom. The molecule has 0 atom stereocenters. The largest absolute Gasteiger partial charge is 0.348 e. The minimum Gasteiger partial charge on any atom is -0.348 e. The molecule has 7 heteroatoms. The number of halogens is 1. The number of hydrogen-bond donors (Lipinski definition) is 1. The summed E-state index contributed by atoms with van der Waals surface area (Å²) in [6, 6.07) is 16.6. The molecule has 142 valence electrons. The Bertz CT molecular complexity index is 1000. The van der Waals surface area contributed by atoms with Crippen molar-refractivity contribution in [2.24, 2.45) is 0 Å². The average molecular weight is 412 g/mol. The SMILES string of the molecule is CC(=O)N(c1ccccc1)c1nc(/C=C/C(=O)NCc2cccc(Cl)c2)cs1. The zero-order valence-corrected chi connectivity index (χ0v) is 16.7. The van der Waals surface area contributed by atoms with Crippen LogP contribution < -0.4 is 10.2 Å². The van der Waals surface area contributed by atoms with Gasteiger partial charge in [0.05, 0.1) is 11.4 Å². The predicted molar refractivity (Wildman–Crippen MR) is 114 cm³/mol. The molecule has 0 aliphatic heterocycles. The van der Waals surface area contributed by atoms with Gasteiger partial charge < -0.3 is 5.32 Å². The number of aromatic nitrogens is 1. The fourth-order valence-electron chi connectivity index (χ4n) is 2.52. The van der Waals surface area contributed by atoms with Crippen LogP contribution in [0, 0.1) is 0 Å². The molecular formula is C21H18ClN3O2S. The Hall–Kier alpha value is -2.96. The van der Waals surface area contributed by atoms with Gasteiger partial charge in [-0.15, -0.1) is 11.3 Å². The van der Waals surface area contributed by atoms with Crippen molar-refractivity contribution in [2.75, 3.05) is 4.90 Å². The molecule has 0 saturated carbocycles. The zero-order valence-electron chi connectivity index (χ0n) is 15.1. The number of carbonyl (C=O) groups excluding carboxylic acids is 2. The number of carbonyl (C=O) groups is 2. The molecule has 1 heterocycles. The predicted octanol–water partition coefficient (Wildman–Crippen LogP) is 4.81. The lowest BCUT2D eigenvalue weighted by molar-refractivity contribution is -0.117. The summed E-state index contributed by atoms with van der Waals surface area (Å²) in [6.45, 7) is 1.88. The number of nitrogens with zero attached hydrogens (tertiary/aromatic N) is 2. The Morgan fingerprint density at radius 2 is 1.96 bits per heavy atom. The molecule has 1 aromatic heterocycles. The molecular weight excluding hydrogens is 394 g/mol. The van der Waals surface area contributed by atoms with Gasteiger partial charge in [-0.25, -0.2) is 4.98 Å². The number of thiazole rings is 1. The van der Waals surface area contributed by atoms with Crippen molar-refractivity contribution >= 4 is 51.6 Å². The Morgan fingerprint density at radius 3 is 2.68 bits per heavy atom. The summed E-state index contributed by atoms with van der Waals surface area (Å²) in [6.07, 6.45) is 3.04. The van der Waals surface area contributed by atoms with Crippen LogP contribution in [-0.2, 0) is 16.1 Å². The van der Waals surface area contributed by atoms with Crippen LogP contribution in [0.2, 0.25) is 5.02 Å². The molecule has 3 rings (SSSR count). The molecule has 0 spiro atoms. The minimum absolute atomic E-state index is 0.129. The van der Waals surface area contributed by atoms with E-state index in [0.29, 0.717) is 22.4 Å². The van der Waals surface area contributed by atoms with Crippen molar-refractivity contribution in [2.45, 2.75) is 13.5 Å². The number of rotatable bonds is 6. The molecule has 5 nitrogen and oxygen atoms in total. The Kier molecular flexibility index (Phi) is 6.57. The first-order valence-electron chi connectivity index (χ1n) is 8.54. The fourth-order valence-corrected chi connectivity index (χ4v) is 3.58. The summed E-state index contributed by atoms with van der Waals surface area (Å²) in [5.74, 6) is -0.364. The van der Waals surface area contributed by atoms with E-state index in [1.807, 2.05) is 42.5 Å². The van der Waals surface area contributed by atoms with Gasteiger partial charge >= 0.3 is 0 Å². The van der Waals surface area contributed by atoms with Crippen LogP contribution in [-0.4, -0.2) is 16.8 Å². The van der Waals surface area contributed by atoms with Crippen molar-refractivity contribution in [1.29, 1.82) is 0 Å². The van der Waals surface area contributed by atoms with Crippen molar-refractivity contribution in [1.82, 2.24) is 10.3 Å². The fraction of sp³-hybridized carbons (Fsp3) is 0.0952. The Balaban J connectivity index is 1.64. The quantitative estimate of drug-likeness (QED) is 0.592. The molecule has 0 aliphatic rings. The van der Waals surface area contributed by atoms with Crippen molar-refractivity contribution < 1.29 is 9.59 Å². The lowest BCUT2D eigenvalue weighted by Gasteiger charge is -2.17. The van der Waals surface area contributed by atoms with E-state index in [2.05, 4.69) is 10.3 Å². The molecule has 0 aliphatic carbocycles. The normalized spacial score (nSPS) is 10.8. The monoisotopic (exact) mass is 411 g/mol. The highest BCUT2D eigenvalue weighted by Crippen LogP contribution is 2.28. The summed E-state index contributed by atoms with van der Waals surface area (Å²) in [4.78, 5) is 30.1. The lowest BCUT2D eigenvalue weighted by atomic mass is 10.2. The average Bonchev–Trinajstić information content (AvgIpc) is 3.14. The first kappa shape index (κ1) is 19.8. The van der Waals surface area contributed by atoms with E-state index in [9.17, 15) is 9.59 Å². The molecule has 28 heavy (non-hydrogen) atoms. The molecule has 1 N–H and O–H groups in total. The van der Waals surface area contributed by atoms with Gasteiger partial charge in [0.15, 0.2) is 5.13 Å². The van der Waals surface area contributed by atoms with E-state index in [0.717, 1.165) is 11.3 Å². The van der Waals surface area contributed by atoms with E-state index in [1.165, 1.54) is 24.3 Å². The summed E-state index contributed by atoms with van der Waals surface area (Å²) < 4.78 is 0. The van der Waals surface area contributed by atoms with E-state index in [1.54, 1.807) is 28.5 Å². The van der Waals surface area contributed by atoms with Gasteiger partial charge in [0.2, 0.25) is 11.8 Å². The summed E-state index contributed by atoms with van der Waals surface area (Å²) in [7, 11) is 0. The second kappa shape index (κ2) is 9.30. The number of nitrogens with one attached hydrogen (secondary N) is 1. The molecule has 3 aromatic rings. The van der Waals surface area contributed by atoms with Gasteiger partial charge in [-0.2, -0.15) is 0 Å². The Labute approximate surface area is 172 Å². The van der Waals surface area contributed by atoms with Crippen LogP contribution in [0.3, 0.4) is 0 Å². The topological polar surface area (TPSA) is 62.3 Å². The van der Waals surface area contributed by atoms with Crippen molar-refractivity contribution in [3.8, 4) is 0 Å². The minimum atomic E-state index is -0.235. The number of benzene rings is 2. The van der Waals surface area contributed by atoms with Crippen LogP contribution in [0.4, 0.5) is 10.8 Å². The highest BCUT2D eigenvalue weighted by Gasteiger charge is 2.17. The second-order valence-electron chi connectivity index (χ2n) is 5.93. The molecule has 0 saturated heterocycles. The molecule has 2 aromatic carbocycles. The van der Waals surface area contributed by atoms with Gasteiger partial charge in [-0.05, 0) is 35.9 Å². The molecule has 0 bridgehead atoms. The van der Waals surface area contributed by atoms with Crippen LogP contribution in [0.25, 0.3) is 6.08 Å². The molecule has 0 unspecified atom stereocenters. The van der Waals surface area contributed by atoms with Gasteiger partial charge in [0, 0.05) is 29.9 Å². The number of para-hydroxylation sites is 1. The third-order valence-electron chi connectivity index (χ3n) is 3.79. The molecule has 0 radical (unpaired) electrons. The summed E-state index contributed by atoms with van der Waals surface area (Å²) in [5.41, 5.74) is 2.28. The van der Waals surface area contributed by atoms with Crippen LogP contribution >= 0.6 is 22.9 Å². The maximum absolute atomic E-state index is 12.1. The number of amides is 2. The maximum Gasteiger partial charge on any atom is 0.244 e. The first-order valence-corrected chi connectivity index (χ1v) is 9.80. The summed E-state index contributed by atoms with van der Waals surface area (Å²) in [5, 5.41) is 5.78. The third-order valence-corrected chi connectivity index (χ3v) is 4.87. The smallest absolute Gasteiger partial charge is 0.244 e. The zero-order chi connectivity index (χ0) is 19.9. The standard InChI is InChI=1S/C21H18ClN3O2S/c1-15(26)25(19-8-3-2-4-9-19)21-24-18(14-28-21)10-11-20(27)23-13-16-6-5-7-17(22)12-16/h2-12,14H,13H2,1H3,(H,23,27)/b11-10+. The van der Waals surface area contributed by atoms with E-state index in [-0.39, 0.29) is 11.8 Å². The molecule has 0 fully saturated rings. The second-order valence-corrected chi connectivity index (χ2v) is 7.20. The van der Waals surface area contributed by atoms with Crippen molar-refractivity contribution in [3.05, 3.63) is 82.3 Å². The lowest BCUT2D eigenvalue weighted by Crippen LogP contribution is -2.22. The van der Waals surface area contributed by atoms with E-state index in [4.69, 9.17) is 11.6 Å². The molecule has 2 amide bonds.